The van der Waals surface area contributed by atoms with Crippen molar-refractivity contribution in [2.45, 2.75) is 18.9 Å². The number of rotatable bonds is 4. The molecule has 1 heterocycles. The van der Waals surface area contributed by atoms with E-state index in [0.29, 0.717) is 0 Å². The van der Waals surface area contributed by atoms with Gasteiger partial charge in [0.05, 0.1) is 0 Å². The van der Waals surface area contributed by atoms with Crippen LogP contribution in [0.3, 0.4) is 0 Å². The minimum Gasteiger partial charge on any atom is -0.324 e. The summed E-state index contributed by atoms with van der Waals surface area (Å²) in [6.45, 7) is 0. The summed E-state index contributed by atoms with van der Waals surface area (Å²) >= 11 is 0. The largest absolute Gasteiger partial charge is 0.324 e. The van der Waals surface area contributed by atoms with Crippen molar-refractivity contribution in [3.63, 3.8) is 0 Å². The van der Waals surface area contributed by atoms with Gasteiger partial charge in [0, 0.05) is 23.8 Å². The average molecular weight is 262 g/mol. The second kappa shape index (κ2) is 5.85. The Balaban J connectivity index is 1.77. The molecule has 0 spiro atoms. The second-order valence-electron chi connectivity index (χ2n) is 5.07. The molecule has 2 N–H and O–H groups in total. The van der Waals surface area contributed by atoms with Gasteiger partial charge in [0.15, 0.2) is 0 Å². The number of nitrogens with zero attached hydrogens (tertiary/aromatic N) is 1. The number of hydrogen-bond donors (Lipinski definition) is 1. The molecule has 3 rings (SSSR count). The van der Waals surface area contributed by atoms with Crippen molar-refractivity contribution in [2.24, 2.45) is 5.73 Å². The van der Waals surface area contributed by atoms with Gasteiger partial charge in [-0.1, -0.05) is 48.5 Å². The molecule has 2 heteroatoms. The molecule has 2 aromatic carbocycles. The molecule has 1 atom stereocenters. The maximum atomic E-state index is 6.27. The van der Waals surface area contributed by atoms with E-state index < -0.39 is 0 Å². The van der Waals surface area contributed by atoms with Gasteiger partial charge in [0.25, 0.3) is 0 Å². The first-order valence-corrected chi connectivity index (χ1v) is 6.97. The van der Waals surface area contributed by atoms with Crippen LogP contribution in [0.2, 0.25) is 0 Å². The van der Waals surface area contributed by atoms with Gasteiger partial charge < -0.3 is 5.73 Å². The number of nitrogens with two attached hydrogens (primary N) is 1. The normalized spacial score (nSPS) is 12.4. The summed E-state index contributed by atoms with van der Waals surface area (Å²) in [4.78, 5) is 4.23. The number of benzene rings is 2. The van der Waals surface area contributed by atoms with Crippen molar-refractivity contribution < 1.29 is 0 Å². The van der Waals surface area contributed by atoms with Gasteiger partial charge in [-0.3, -0.25) is 4.98 Å². The highest BCUT2D eigenvalue weighted by Gasteiger charge is 2.07. The van der Waals surface area contributed by atoms with Crippen molar-refractivity contribution in [2.75, 3.05) is 0 Å². The Kier molecular flexibility index (Phi) is 3.75. The summed E-state index contributed by atoms with van der Waals surface area (Å²) in [7, 11) is 0. The van der Waals surface area contributed by atoms with E-state index in [1.807, 2.05) is 30.6 Å². The first-order chi connectivity index (χ1) is 9.84. The molecule has 3 aromatic rings. The second-order valence-corrected chi connectivity index (χ2v) is 5.07. The highest BCUT2D eigenvalue weighted by atomic mass is 14.6. The summed E-state index contributed by atoms with van der Waals surface area (Å²) < 4.78 is 0. The number of aromatic nitrogens is 1. The fourth-order valence-electron chi connectivity index (χ4n) is 2.57. The van der Waals surface area contributed by atoms with E-state index in [9.17, 15) is 0 Å². The SMILES string of the molecule is NC(CCc1cccc2ccncc12)c1ccccc1. The highest BCUT2D eigenvalue weighted by Crippen LogP contribution is 2.22. The summed E-state index contributed by atoms with van der Waals surface area (Å²) in [6.07, 6.45) is 5.69. The molecule has 0 bridgehead atoms. The Morgan fingerprint density at radius 2 is 1.80 bits per heavy atom. The van der Waals surface area contributed by atoms with Crippen molar-refractivity contribution in [3.8, 4) is 0 Å². The fraction of sp³-hybridized carbons (Fsp3) is 0.167. The minimum absolute atomic E-state index is 0.0862. The van der Waals surface area contributed by atoms with Crippen LogP contribution in [-0.4, -0.2) is 4.98 Å². The summed E-state index contributed by atoms with van der Waals surface area (Å²) in [5.41, 5.74) is 8.79. The van der Waals surface area contributed by atoms with Crippen LogP contribution in [0.25, 0.3) is 10.8 Å². The van der Waals surface area contributed by atoms with E-state index in [1.54, 1.807) is 0 Å². The Labute approximate surface area is 119 Å². The van der Waals surface area contributed by atoms with Crippen LogP contribution in [0.4, 0.5) is 0 Å². The van der Waals surface area contributed by atoms with Crippen LogP contribution < -0.4 is 5.73 Å². The Morgan fingerprint density at radius 1 is 0.950 bits per heavy atom. The molecule has 100 valence electrons. The third-order valence-electron chi connectivity index (χ3n) is 3.73. The van der Waals surface area contributed by atoms with Crippen molar-refractivity contribution in [1.29, 1.82) is 0 Å². The summed E-state index contributed by atoms with van der Waals surface area (Å²) in [6, 6.07) is 18.8. The van der Waals surface area contributed by atoms with Crippen molar-refractivity contribution in [1.82, 2.24) is 4.98 Å². The molecule has 1 unspecified atom stereocenters. The Bertz CT molecular complexity index is 687. The van der Waals surface area contributed by atoms with E-state index >= 15 is 0 Å². The minimum atomic E-state index is 0.0862. The Morgan fingerprint density at radius 3 is 2.65 bits per heavy atom. The average Bonchev–Trinajstić information content (AvgIpc) is 2.53. The summed E-state index contributed by atoms with van der Waals surface area (Å²) in [5.74, 6) is 0. The molecule has 0 saturated carbocycles. The molecule has 0 radical (unpaired) electrons. The van der Waals surface area contributed by atoms with Gasteiger partial charge in [0.1, 0.15) is 0 Å². The lowest BCUT2D eigenvalue weighted by molar-refractivity contribution is 0.653. The molecule has 0 amide bonds. The number of hydrogen-bond acceptors (Lipinski definition) is 2. The van der Waals surface area contributed by atoms with Gasteiger partial charge in [-0.25, -0.2) is 0 Å². The number of pyridine rings is 1. The number of aryl methyl sites for hydroxylation is 1. The van der Waals surface area contributed by atoms with Crippen molar-refractivity contribution >= 4 is 10.8 Å². The van der Waals surface area contributed by atoms with E-state index in [2.05, 4.69) is 41.4 Å². The van der Waals surface area contributed by atoms with E-state index in [4.69, 9.17) is 5.73 Å². The highest BCUT2D eigenvalue weighted by molar-refractivity contribution is 5.84. The molecule has 0 aliphatic carbocycles. The zero-order valence-electron chi connectivity index (χ0n) is 11.4. The van der Waals surface area contributed by atoms with Crippen molar-refractivity contribution in [3.05, 3.63) is 78.1 Å². The maximum Gasteiger partial charge on any atom is 0.0349 e. The van der Waals surface area contributed by atoms with E-state index in [0.717, 1.165) is 12.8 Å². The third kappa shape index (κ3) is 2.70. The van der Waals surface area contributed by atoms with Gasteiger partial charge in [-0.2, -0.15) is 0 Å². The van der Waals surface area contributed by atoms with Gasteiger partial charge in [0.2, 0.25) is 0 Å². The monoisotopic (exact) mass is 262 g/mol. The molecular formula is C18H18N2. The van der Waals surface area contributed by atoms with Crippen LogP contribution in [0.5, 0.6) is 0 Å². The van der Waals surface area contributed by atoms with Crippen LogP contribution in [0.1, 0.15) is 23.6 Å². The molecule has 0 aliphatic rings. The maximum absolute atomic E-state index is 6.27. The lowest BCUT2D eigenvalue weighted by atomic mass is 9.97. The molecule has 1 aromatic heterocycles. The van der Waals surface area contributed by atoms with Crippen LogP contribution in [0, 0.1) is 0 Å². The third-order valence-corrected chi connectivity index (χ3v) is 3.73. The standard InChI is InChI=1S/C18H18N2/c19-18(16-5-2-1-3-6-16)10-9-14-7-4-8-15-11-12-20-13-17(14)15/h1-8,11-13,18H,9-10,19H2. The lowest BCUT2D eigenvalue weighted by Crippen LogP contribution is -2.11. The van der Waals surface area contributed by atoms with E-state index in [-0.39, 0.29) is 6.04 Å². The first-order valence-electron chi connectivity index (χ1n) is 6.97. The predicted octanol–water partition coefficient (Wildman–Crippen LogP) is 3.87. The van der Waals surface area contributed by atoms with Gasteiger partial charge in [-0.05, 0) is 35.4 Å². The lowest BCUT2D eigenvalue weighted by Gasteiger charge is -2.13. The Hall–Kier alpha value is -2.19. The van der Waals surface area contributed by atoms with Crippen LogP contribution in [-0.2, 0) is 6.42 Å². The number of fused-ring (bicyclic) bond motifs is 1. The van der Waals surface area contributed by atoms with Crippen LogP contribution >= 0.6 is 0 Å². The topological polar surface area (TPSA) is 38.9 Å². The van der Waals surface area contributed by atoms with E-state index in [1.165, 1.54) is 21.9 Å². The molecule has 0 aliphatic heterocycles. The molecule has 2 nitrogen and oxygen atoms in total. The molecule has 0 fully saturated rings. The first kappa shape index (κ1) is 12.8. The molecule has 0 saturated heterocycles. The smallest absolute Gasteiger partial charge is 0.0349 e. The zero-order chi connectivity index (χ0) is 13.8. The predicted molar refractivity (Wildman–Crippen MR) is 83.4 cm³/mol. The van der Waals surface area contributed by atoms with Crippen LogP contribution in [0.15, 0.2) is 67.0 Å². The molecular weight excluding hydrogens is 244 g/mol. The fourth-order valence-corrected chi connectivity index (χ4v) is 2.57. The summed E-state index contributed by atoms with van der Waals surface area (Å²) in [5, 5.41) is 2.47. The zero-order valence-corrected chi connectivity index (χ0v) is 11.4. The molecule has 20 heavy (non-hydrogen) atoms. The quantitative estimate of drug-likeness (QED) is 0.775. The van der Waals surface area contributed by atoms with Gasteiger partial charge >= 0.3 is 0 Å². The van der Waals surface area contributed by atoms with Gasteiger partial charge in [-0.15, -0.1) is 0 Å².